The lowest BCUT2D eigenvalue weighted by molar-refractivity contribution is 0.475. The molecule has 2 nitrogen and oxygen atoms in total. The molecule has 0 saturated carbocycles. The van der Waals surface area contributed by atoms with Crippen molar-refractivity contribution in [2.24, 2.45) is 0 Å². The number of rotatable bonds is 2. The first-order valence-corrected chi connectivity index (χ1v) is 6.93. The molecule has 94 valence electrons. The second-order valence-corrected chi connectivity index (χ2v) is 5.59. The Morgan fingerprint density at radius 2 is 2.00 bits per heavy atom. The van der Waals surface area contributed by atoms with Crippen LogP contribution >= 0.6 is 22.9 Å². The van der Waals surface area contributed by atoms with E-state index in [9.17, 15) is 5.11 Å². The van der Waals surface area contributed by atoms with Crippen LogP contribution in [-0.4, -0.2) is 10.1 Å². The van der Waals surface area contributed by atoms with Crippen LogP contribution in [0.4, 0.5) is 0 Å². The van der Waals surface area contributed by atoms with Crippen LogP contribution in [0.1, 0.15) is 10.6 Å². The van der Waals surface area contributed by atoms with E-state index >= 15 is 0 Å². The molecule has 0 spiro atoms. The molecule has 0 bridgehead atoms. The highest BCUT2D eigenvalue weighted by Gasteiger charge is 2.01. The van der Waals surface area contributed by atoms with Crippen molar-refractivity contribution in [3.63, 3.8) is 0 Å². The molecule has 3 aromatic rings. The van der Waals surface area contributed by atoms with Crippen molar-refractivity contribution in [3.8, 4) is 5.75 Å². The third-order valence-corrected chi connectivity index (χ3v) is 3.89. The first-order valence-electron chi connectivity index (χ1n) is 5.74. The van der Waals surface area contributed by atoms with Crippen LogP contribution in [0.3, 0.4) is 0 Å². The van der Waals surface area contributed by atoms with Crippen LogP contribution in [-0.2, 0) is 0 Å². The number of benzene rings is 2. The summed E-state index contributed by atoms with van der Waals surface area (Å²) in [5.74, 6) is 0.262. The maximum absolute atomic E-state index is 9.39. The summed E-state index contributed by atoms with van der Waals surface area (Å²) >= 11 is 7.55. The van der Waals surface area contributed by atoms with Gasteiger partial charge in [0, 0.05) is 5.02 Å². The smallest absolute Gasteiger partial charge is 0.117 e. The number of aromatic nitrogens is 1. The lowest BCUT2D eigenvalue weighted by atomic mass is 10.2. The number of thiazole rings is 1. The van der Waals surface area contributed by atoms with Gasteiger partial charge in [-0.05, 0) is 42.0 Å². The molecule has 3 rings (SSSR count). The van der Waals surface area contributed by atoms with Crippen LogP contribution in [0.5, 0.6) is 5.75 Å². The standard InChI is InChI=1S/C15H10ClNOS/c16-11-5-6-14-13(9-11)17-15(19-14)7-4-10-2-1-3-12(18)8-10/h1-9,18H. The Balaban J connectivity index is 1.92. The minimum Gasteiger partial charge on any atom is -0.508 e. The number of fused-ring (bicyclic) bond motifs is 1. The van der Waals surface area contributed by atoms with Crippen LogP contribution in [0.25, 0.3) is 22.4 Å². The van der Waals surface area contributed by atoms with Crippen molar-refractivity contribution in [3.05, 3.63) is 58.1 Å². The SMILES string of the molecule is Oc1cccc(C=Cc2nc3cc(Cl)ccc3s2)c1. The summed E-state index contributed by atoms with van der Waals surface area (Å²) in [7, 11) is 0. The summed E-state index contributed by atoms with van der Waals surface area (Å²) < 4.78 is 1.11. The van der Waals surface area contributed by atoms with E-state index in [4.69, 9.17) is 11.6 Å². The molecule has 4 heteroatoms. The van der Waals surface area contributed by atoms with E-state index in [1.165, 1.54) is 0 Å². The van der Waals surface area contributed by atoms with Gasteiger partial charge >= 0.3 is 0 Å². The van der Waals surface area contributed by atoms with E-state index in [1.807, 2.05) is 42.5 Å². The molecule has 1 N–H and O–H groups in total. The molecule has 0 aliphatic carbocycles. The third kappa shape index (κ3) is 2.78. The first-order chi connectivity index (χ1) is 9.20. The molecule has 0 amide bonds. The fraction of sp³-hybridized carbons (Fsp3) is 0. The minimum absolute atomic E-state index is 0.262. The number of hydrogen-bond acceptors (Lipinski definition) is 3. The fourth-order valence-corrected chi connectivity index (χ4v) is 2.80. The van der Waals surface area contributed by atoms with Crippen LogP contribution < -0.4 is 0 Å². The second-order valence-electron chi connectivity index (χ2n) is 4.09. The zero-order valence-corrected chi connectivity index (χ0v) is 11.4. The van der Waals surface area contributed by atoms with Gasteiger partial charge in [0.1, 0.15) is 10.8 Å². The van der Waals surface area contributed by atoms with E-state index < -0.39 is 0 Å². The Bertz CT molecular complexity index is 764. The Morgan fingerprint density at radius 1 is 1.11 bits per heavy atom. The van der Waals surface area contributed by atoms with Gasteiger partial charge in [0.05, 0.1) is 10.2 Å². The molecular formula is C15H10ClNOS. The highest BCUT2D eigenvalue weighted by molar-refractivity contribution is 7.19. The topological polar surface area (TPSA) is 33.1 Å². The minimum atomic E-state index is 0.262. The Morgan fingerprint density at radius 3 is 2.84 bits per heavy atom. The normalized spacial score (nSPS) is 11.4. The second kappa shape index (κ2) is 5.03. The number of phenolic OH excluding ortho intramolecular Hbond substituents is 1. The van der Waals surface area contributed by atoms with E-state index in [0.29, 0.717) is 5.02 Å². The Kier molecular flexibility index (Phi) is 3.23. The number of nitrogens with zero attached hydrogens (tertiary/aromatic N) is 1. The average Bonchev–Trinajstić information content (AvgIpc) is 2.78. The quantitative estimate of drug-likeness (QED) is 0.732. The zero-order valence-electron chi connectivity index (χ0n) is 9.88. The molecule has 0 radical (unpaired) electrons. The summed E-state index contributed by atoms with van der Waals surface area (Å²) in [6, 6.07) is 12.8. The number of aromatic hydroxyl groups is 1. The summed E-state index contributed by atoms with van der Waals surface area (Å²) in [6.07, 6.45) is 3.87. The zero-order chi connectivity index (χ0) is 13.2. The molecular weight excluding hydrogens is 278 g/mol. The van der Waals surface area contributed by atoms with E-state index in [2.05, 4.69) is 4.98 Å². The molecule has 0 atom stereocenters. The number of hydrogen-bond donors (Lipinski definition) is 1. The molecule has 1 aromatic heterocycles. The predicted octanol–water partition coefficient (Wildman–Crippen LogP) is 4.83. The van der Waals surface area contributed by atoms with Gasteiger partial charge in [-0.2, -0.15) is 0 Å². The molecule has 2 aromatic carbocycles. The summed E-state index contributed by atoms with van der Waals surface area (Å²) in [4.78, 5) is 4.50. The lowest BCUT2D eigenvalue weighted by Crippen LogP contribution is -1.72. The van der Waals surface area contributed by atoms with Crippen molar-refractivity contribution in [2.45, 2.75) is 0 Å². The van der Waals surface area contributed by atoms with Gasteiger partial charge in [-0.1, -0.05) is 29.8 Å². The van der Waals surface area contributed by atoms with Crippen LogP contribution in [0.15, 0.2) is 42.5 Å². The Hall–Kier alpha value is -1.84. The summed E-state index contributed by atoms with van der Waals surface area (Å²) in [5, 5.41) is 11.0. The molecule has 0 aliphatic rings. The van der Waals surface area contributed by atoms with Gasteiger partial charge in [-0.15, -0.1) is 11.3 Å². The highest BCUT2D eigenvalue weighted by Crippen LogP contribution is 2.26. The first kappa shape index (κ1) is 12.2. The maximum Gasteiger partial charge on any atom is 0.117 e. The largest absolute Gasteiger partial charge is 0.508 e. The van der Waals surface area contributed by atoms with Gasteiger partial charge in [0.15, 0.2) is 0 Å². The monoisotopic (exact) mass is 287 g/mol. The van der Waals surface area contributed by atoms with Crippen molar-refractivity contribution in [2.75, 3.05) is 0 Å². The van der Waals surface area contributed by atoms with E-state index in [0.717, 1.165) is 20.8 Å². The summed E-state index contributed by atoms with van der Waals surface area (Å²) in [5.41, 5.74) is 1.85. The van der Waals surface area contributed by atoms with Gasteiger partial charge in [-0.3, -0.25) is 0 Å². The predicted molar refractivity (Wildman–Crippen MR) is 81.7 cm³/mol. The van der Waals surface area contributed by atoms with Crippen LogP contribution in [0.2, 0.25) is 5.02 Å². The molecule has 19 heavy (non-hydrogen) atoms. The number of halogens is 1. The van der Waals surface area contributed by atoms with E-state index in [-0.39, 0.29) is 5.75 Å². The fourth-order valence-electron chi connectivity index (χ4n) is 1.79. The van der Waals surface area contributed by atoms with Gasteiger partial charge in [0.25, 0.3) is 0 Å². The molecule has 0 saturated heterocycles. The summed E-state index contributed by atoms with van der Waals surface area (Å²) in [6.45, 7) is 0. The van der Waals surface area contributed by atoms with Crippen molar-refractivity contribution < 1.29 is 5.11 Å². The highest BCUT2D eigenvalue weighted by atomic mass is 35.5. The third-order valence-electron chi connectivity index (χ3n) is 2.65. The van der Waals surface area contributed by atoms with Crippen molar-refractivity contribution in [1.29, 1.82) is 0 Å². The van der Waals surface area contributed by atoms with Gasteiger partial charge < -0.3 is 5.11 Å². The molecule has 0 fully saturated rings. The van der Waals surface area contributed by atoms with Crippen LogP contribution in [0, 0.1) is 0 Å². The number of phenols is 1. The maximum atomic E-state index is 9.39. The molecule has 0 aliphatic heterocycles. The van der Waals surface area contributed by atoms with Crippen molar-refractivity contribution in [1.82, 2.24) is 4.98 Å². The lowest BCUT2D eigenvalue weighted by Gasteiger charge is -1.93. The molecule has 1 heterocycles. The van der Waals surface area contributed by atoms with Gasteiger partial charge in [0.2, 0.25) is 0 Å². The van der Waals surface area contributed by atoms with Crippen molar-refractivity contribution >= 4 is 45.3 Å². The molecule has 0 unspecified atom stereocenters. The Labute approximate surface area is 119 Å². The average molecular weight is 288 g/mol. The van der Waals surface area contributed by atoms with Gasteiger partial charge in [-0.25, -0.2) is 4.98 Å². The van der Waals surface area contributed by atoms with E-state index in [1.54, 1.807) is 23.5 Å².